The Balaban J connectivity index is 3.11. The number of benzene rings is 1. The maximum Gasteiger partial charge on any atom is 0.337 e. The van der Waals surface area contributed by atoms with Gasteiger partial charge in [0.25, 0.3) is 10.2 Å². The summed E-state index contributed by atoms with van der Waals surface area (Å²) in [5.74, 6) is -1.18. The lowest BCUT2D eigenvalue weighted by molar-refractivity contribution is 0.0698. The van der Waals surface area contributed by atoms with Crippen LogP contribution in [0.15, 0.2) is 18.2 Å². The first-order chi connectivity index (χ1) is 7.85. The van der Waals surface area contributed by atoms with E-state index in [-0.39, 0.29) is 17.8 Å². The second-order valence-corrected chi connectivity index (χ2v) is 4.96. The van der Waals surface area contributed by atoms with Crippen LogP contribution < -0.4 is 9.44 Å². The Morgan fingerprint density at radius 3 is 2.59 bits per heavy atom. The molecule has 0 radical (unpaired) electrons. The highest BCUT2D eigenvalue weighted by atomic mass is 32.2. The molecule has 1 aromatic rings. The lowest BCUT2D eigenvalue weighted by atomic mass is 10.1. The summed E-state index contributed by atoms with van der Waals surface area (Å²) in [6, 6.07) is 4.47. The van der Waals surface area contributed by atoms with Crippen LogP contribution in [-0.4, -0.2) is 26.0 Å². The van der Waals surface area contributed by atoms with Gasteiger partial charge >= 0.3 is 5.97 Å². The Hall–Kier alpha value is -1.60. The lowest BCUT2D eigenvalue weighted by Crippen LogP contribution is -2.30. The van der Waals surface area contributed by atoms with Crippen molar-refractivity contribution in [3.63, 3.8) is 0 Å². The summed E-state index contributed by atoms with van der Waals surface area (Å²) in [7, 11) is -3.72. The van der Waals surface area contributed by atoms with Crippen molar-refractivity contribution in [3.8, 4) is 0 Å². The normalized spacial score (nSPS) is 11.2. The Kier molecular flexibility index (Phi) is 4.08. The molecule has 0 saturated heterocycles. The molecule has 17 heavy (non-hydrogen) atoms. The van der Waals surface area contributed by atoms with Crippen molar-refractivity contribution >= 4 is 21.9 Å². The van der Waals surface area contributed by atoms with Gasteiger partial charge in [-0.3, -0.25) is 4.72 Å². The summed E-state index contributed by atoms with van der Waals surface area (Å²) in [6.07, 6.45) is 0. The minimum absolute atomic E-state index is 0.0454. The van der Waals surface area contributed by atoms with Crippen molar-refractivity contribution in [2.45, 2.75) is 13.8 Å². The number of rotatable bonds is 5. The first-order valence-electron chi connectivity index (χ1n) is 4.97. The molecule has 1 rings (SSSR count). The molecule has 0 aliphatic heterocycles. The number of nitrogens with one attached hydrogen (secondary N) is 2. The molecule has 0 bridgehead atoms. The third-order valence-corrected chi connectivity index (χ3v) is 3.14. The molecule has 0 aromatic heterocycles. The van der Waals surface area contributed by atoms with Gasteiger partial charge < -0.3 is 5.11 Å². The highest BCUT2D eigenvalue weighted by Gasteiger charge is 2.15. The molecule has 0 amide bonds. The predicted molar refractivity (Wildman–Crippen MR) is 64.4 cm³/mol. The van der Waals surface area contributed by atoms with Gasteiger partial charge in [-0.05, 0) is 19.1 Å². The van der Waals surface area contributed by atoms with Gasteiger partial charge in [0.05, 0.1) is 11.3 Å². The topological polar surface area (TPSA) is 95.5 Å². The van der Waals surface area contributed by atoms with Crippen LogP contribution in [0.5, 0.6) is 0 Å². The fourth-order valence-electron chi connectivity index (χ4n) is 1.29. The van der Waals surface area contributed by atoms with Crippen LogP contribution in [0.25, 0.3) is 0 Å². The van der Waals surface area contributed by atoms with Crippen LogP contribution in [0.4, 0.5) is 5.69 Å². The van der Waals surface area contributed by atoms with Gasteiger partial charge in [-0.1, -0.05) is 18.6 Å². The molecular formula is C10H14N2O4S. The minimum Gasteiger partial charge on any atom is -0.478 e. The zero-order chi connectivity index (χ0) is 13.1. The number of aryl methyl sites for hydroxylation is 1. The zero-order valence-electron chi connectivity index (χ0n) is 9.52. The second kappa shape index (κ2) is 5.15. The largest absolute Gasteiger partial charge is 0.478 e. The number of carboxylic acids is 1. The Morgan fingerprint density at radius 2 is 2.06 bits per heavy atom. The highest BCUT2D eigenvalue weighted by molar-refractivity contribution is 7.90. The van der Waals surface area contributed by atoms with E-state index in [1.165, 1.54) is 12.1 Å². The van der Waals surface area contributed by atoms with E-state index in [0.29, 0.717) is 0 Å². The van der Waals surface area contributed by atoms with E-state index in [9.17, 15) is 13.2 Å². The number of hydrogen-bond acceptors (Lipinski definition) is 3. The van der Waals surface area contributed by atoms with Crippen LogP contribution in [0, 0.1) is 6.92 Å². The van der Waals surface area contributed by atoms with E-state index < -0.39 is 16.2 Å². The van der Waals surface area contributed by atoms with Gasteiger partial charge in [-0.15, -0.1) is 0 Å². The van der Waals surface area contributed by atoms with Gasteiger partial charge in [0.2, 0.25) is 0 Å². The molecule has 0 aliphatic carbocycles. The van der Waals surface area contributed by atoms with Crippen LogP contribution >= 0.6 is 0 Å². The summed E-state index contributed by atoms with van der Waals surface area (Å²) < 4.78 is 27.3. The summed E-state index contributed by atoms with van der Waals surface area (Å²) in [6.45, 7) is 3.59. The Morgan fingerprint density at radius 1 is 1.41 bits per heavy atom. The molecule has 6 nitrogen and oxygen atoms in total. The highest BCUT2D eigenvalue weighted by Crippen LogP contribution is 2.18. The first kappa shape index (κ1) is 13.5. The fraction of sp³-hybridized carbons (Fsp3) is 0.300. The van der Waals surface area contributed by atoms with Crippen LogP contribution in [0.3, 0.4) is 0 Å². The molecule has 0 spiro atoms. The van der Waals surface area contributed by atoms with Gasteiger partial charge in [0.15, 0.2) is 0 Å². The van der Waals surface area contributed by atoms with Crippen molar-refractivity contribution in [3.05, 3.63) is 29.3 Å². The number of carbonyl (C=O) groups is 1. The molecule has 0 aliphatic rings. The molecule has 0 unspecified atom stereocenters. The van der Waals surface area contributed by atoms with Crippen LogP contribution in [0.1, 0.15) is 22.8 Å². The predicted octanol–water partition coefficient (Wildman–Crippen LogP) is 0.959. The molecule has 0 saturated carbocycles. The van der Waals surface area contributed by atoms with E-state index in [1.807, 2.05) is 0 Å². The first-order valence-corrected chi connectivity index (χ1v) is 6.45. The van der Waals surface area contributed by atoms with Crippen molar-refractivity contribution in [1.29, 1.82) is 0 Å². The fourth-order valence-corrected chi connectivity index (χ4v) is 2.21. The summed E-state index contributed by atoms with van der Waals surface area (Å²) in [4.78, 5) is 11.0. The van der Waals surface area contributed by atoms with E-state index in [1.54, 1.807) is 19.9 Å². The smallest absolute Gasteiger partial charge is 0.337 e. The third-order valence-electron chi connectivity index (χ3n) is 1.98. The van der Waals surface area contributed by atoms with Gasteiger partial charge in [0, 0.05) is 6.54 Å². The molecule has 3 N–H and O–H groups in total. The summed E-state index contributed by atoms with van der Waals surface area (Å²) in [5, 5.41) is 8.96. The van der Waals surface area contributed by atoms with Gasteiger partial charge in [0.1, 0.15) is 0 Å². The van der Waals surface area contributed by atoms with Crippen molar-refractivity contribution in [2.75, 3.05) is 11.3 Å². The molecular weight excluding hydrogens is 244 g/mol. The van der Waals surface area contributed by atoms with Crippen molar-refractivity contribution in [2.24, 2.45) is 0 Å². The maximum absolute atomic E-state index is 11.4. The average molecular weight is 258 g/mol. The Labute approximate surface area is 99.8 Å². The van der Waals surface area contributed by atoms with E-state index >= 15 is 0 Å². The molecule has 94 valence electrons. The monoisotopic (exact) mass is 258 g/mol. The number of carboxylic acid groups (broad SMARTS) is 1. The van der Waals surface area contributed by atoms with Crippen molar-refractivity contribution < 1.29 is 18.3 Å². The second-order valence-electron chi connectivity index (χ2n) is 3.46. The molecule has 0 atom stereocenters. The standard InChI is InChI=1S/C10H14N2O4S/c1-3-11-17(15,16)12-9-5-4-7(2)6-8(9)10(13)14/h4-6,11-12H,3H2,1-2H3,(H,13,14). The summed E-state index contributed by atoms with van der Waals surface area (Å²) in [5.41, 5.74) is 0.712. The van der Waals surface area contributed by atoms with E-state index in [2.05, 4.69) is 9.44 Å². The third kappa shape index (κ3) is 3.72. The minimum atomic E-state index is -3.72. The number of anilines is 1. The number of aromatic carboxylic acids is 1. The molecule has 0 heterocycles. The Bertz CT molecular complexity index is 525. The van der Waals surface area contributed by atoms with E-state index in [0.717, 1.165) is 5.56 Å². The number of hydrogen-bond donors (Lipinski definition) is 3. The zero-order valence-corrected chi connectivity index (χ0v) is 10.3. The summed E-state index contributed by atoms with van der Waals surface area (Å²) >= 11 is 0. The van der Waals surface area contributed by atoms with Crippen LogP contribution in [-0.2, 0) is 10.2 Å². The maximum atomic E-state index is 11.4. The molecule has 0 fully saturated rings. The SMILES string of the molecule is CCNS(=O)(=O)Nc1ccc(C)cc1C(=O)O. The lowest BCUT2D eigenvalue weighted by Gasteiger charge is -2.10. The molecule has 1 aromatic carbocycles. The van der Waals surface area contributed by atoms with Gasteiger partial charge in [-0.2, -0.15) is 13.1 Å². The van der Waals surface area contributed by atoms with Crippen molar-refractivity contribution in [1.82, 2.24) is 4.72 Å². The van der Waals surface area contributed by atoms with E-state index in [4.69, 9.17) is 5.11 Å². The quantitative estimate of drug-likeness (QED) is 0.733. The average Bonchev–Trinajstić information content (AvgIpc) is 2.20. The van der Waals surface area contributed by atoms with Gasteiger partial charge in [-0.25, -0.2) is 4.79 Å². The molecule has 7 heteroatoms. The van der Waals surface area contributed by atoms with Crippen LogP contribution in [0.2, 0.25) is 0 Å².